The maximum Gasteiger partial charge on any atom is 0.252 e. The molecule has 0 fully saturated rings. The third kappa shape index (κ3) is 2.45. The number of carbonyl (C=O) groups is 1. The Kier molecular flexibility index (Phi) is 3.63. The number of hydrogen-bond donors (Lipinski definition) is 1. The number of benzene rings is 1. The van der Waals surface area contributed by atoms with E-state index in [1.165, 1.54) is 0 Å². The first kappa shape index (κ1) is 14.3. The third-order valence-electron chi connectivity index (χ3n) is 3.92. The first-order valence-electron chi connectivity index (χ1n) is 7.24. The van der Waals surface area contributed by atoms with Crippen LogP contribution in [0.15, 0.2) is 42.6 Å². The summed E-state index contributed by atoms with van der Waals surface area (Å²) >= 11 is 0. The minimum Gasteiger partial charge on any atom is -0.342 e. The van der Waals surface area contributed by atoms with Crippen molar-refractivity contribution in [3.8, 4) is 0 Å². The summed E-state index contributed by atoms with van der Waals surface area (Å²) < 4.78 is 1.88. The molecule has 0 aliphatic rings. The number of aryl methyl sites for hydroxylation is 1. The van der Waals surface area contributed by atoms with Gasteiger partial charge in [-0.15, -0.1) is 10.2 Å². The van der Waals surface area contributed by atoms with Gasteiger partial charge >= 0.3 is 0 Å². The molecule has 0 saturated carbocycles. The van der Waals surface area contributed by atoms with Gasteiger partial charge in [-0.1, -0.05) is 18.2 Å². The fourth-order valence-corrected chi connectivity index (χ4v) is 2.49. The molecular formula is C17H18N4O. The Balaban J connectivity index is 1.86. The molecule has 0 unspecified atom stereocenters. The van der Waals surface area contributed by atoms with Crippen LogP contribution in [0.4, 0.5) is 0 Å². The summed E-state index contributed by atoms with van der Waals surface area (Å²) in [5.74, 6) is 0.621. The Morgan fingerprint density at radius 3 is 2.77 bits per heavy atom. The second-order valence-corrected chi connectivity index (χ2v) is 5.43. The highest BCUT2D eigenvalue weighted by atomic mass is 16.1. The van der Waals surface area contributed by atoms with Crippen molar-refractivity contribution in [2.24, 2.45) is 0 Å². The van der Waals surface area contributed by atoms with Crippen molar-refractivity contribution in [1.82, 2.24) is 19.9 Å². The lowest BCUT2D eigenvalue weighted by Crippen LogP contribution is -2.28. The van der Waals surface area contributed by atoms with E-state index >= 15 is 0 Å². The molecule has 3 rings (SSSR count). The molecule has 0 aliphatic carbocycles. The first-order chi connectivity index (χ1) is 10.6. The summed E-state index contributed by atoms with van der Waals surface area (Å²) in [5, 5.41) is 11.3. The molecule has 1 atom stereocenters. The van der Waals surface area contributed by atoms with Gasteiger partial charge in [0.15, 0.2) is 11.5 Å². The maximum atomic E-state index is 12.5. The Labute approximate surface area is 129 Å². The zero-order valence-corrected chi connectivity index (χ0v) is 12.9. The van der Waals surface area contributed by atoms with Gasteiger partial charge < -0.3 is 5.32 Å². The van der Waals surface area contributed by atoms with Gasteiger partial charge in [0.25, 0.3) is 5.91 Å². The van der Waals surface area contributed by atoms with Crippen LogP contribution >= 0.6 is 0 Å². The molecule has 0 spiro atoms. The van der Waals surface area contributed by atoms with Crippen LogP contribution in [-0.4, -0.2) is 20.5 Å². The van der Waals surface area contributed by atoms with E-state index in [1.54, 1.807) is 0 Å². The molecule has 1 aromatic carbocycles. The Bertz CT molecular complexity index is 838. The van der Waals surface area contributed by atoms with E-state index in [0.29, 0.717) is 11.4 Å². The molecule has 2 heterocycles. The average molecular weight is 294 g/mol. The van der Waals surface area contributed by atoms with Gasteiger partial charge in [0.2, 0.25) is 0 Å². The summed E-state index contributed by atoms with van der Waals surface area (Å²) in [6.45, 7) is 5.87. The van der Waals surface area contributed by atoms with Crippen LogP contribution in [0.2, 0.25) is 0 Å². The SMILES string of the molecule is Cc1cccc(C(=O)N[C@H](C)c2nnc3ccccn23)c1C. The number of nitrogens with zero attached hydrogens (tertiary/aromatic N) is 3. The molecule has 1 N–H and O–H groups in total. The van der Waals surface area contributed by atoms with Gasteiger partial charge in [0.05, 0.1) is 6.04 Å². The van der Waals surface area contributed by atoms with Gasteiger partial charge in [0, 0.05) is 11.8 Å². The largest absolute Gasteiger partial charge is 0.342 e. The summed E-state index contributed by atoms with van der Waals surface area (Å²) in [7, 11) is 0. The monoisotopic (exact) mass is 294 g/mol. The Morgan fingerprint density at radius 1 is 1.14 bits per heavy atom. The molecular weight excluding hydrogens is 276 g/mol. The van der Waals surface area contributed by atoms with Crippen molar-refractivity contribution >= 4 is 11.6 Å². The van der Waals surface area contributed by atoms with Crippen molar-refractivity contribution < 1.29 is 4.79 Å². The molecule has 2 aromatic heterocycles. The molecule has 112 valence electrons. The van der Waals surface area contributed by atoms with Gasteiger partial charge in [-0.25, -0.2) is 0 Å². The molecule has 5 nitrogen and oxygen atoms in total. The third-order valence-corrected chi connectivity index (χ3v) is 3.92. The predicted octanol–water partition coefficient (Wildman–Crippen LogP) is 2.84. The van der Waals surface area contributed by atoms with Gasteiger partial charge in [-0.3, -0.25) is 9.20 Å². The average Bonchev–Trinajstić information content (AvgIpc) is 2.94. The van der Waals surface area contributed by atoms with Crippen molar-refractivity contribution in [3.63, 3.8) is 0 Å². The summed E-state index contributed by atoms with van der Waals surface area (Å²) in [6, 6.07) is 11.2. The number of rotatable bonds is 3. The number of hydrogen-bond acceptors (Lipinski definition) is 3. The fourth-order valence-electron chi connectivity index (χ4n) is 2.49. The minimum atomic E-state index is -0.232. The van der Waals surface area contributed by atoms with E-state index in [1.807, 2.05) is 67.8 Å². The second-order valence-electron chi connectivity index (χ2n) is 5.43. The maximum absolute atomic E-state index is 12.5. The fraction of sp³-hybridized carbons (Fsp3) is 0.235. The van der Waals surface area contributed by atoms with Crippen LogP contribution in [0, 0.1) is 13.8 Å². The zero-order chi connectivity index (χ0) is 15.7. The van der Waals surface area contributed by atoms with Crippen molar-refractivity contribution in [1.29, 1.82) is 0 Å². The molecule has 0 aliphatic heterocycles. The summed E-state index contributed by atoms with van der Waals surface area (Å²) in [5.41, 5.74) is 3.57. The molecule has 5 heteroatoms. The molecule has 3 aromatic rings. The van der Waals surface area contributed by atoms with Crippen LogP contribution in [0.1, 0.15) is 40.3 Å². The second kappa shape index (κ2) is 5.60. The van der Waals surface area contributed by atoms with Crippen LogP contribution in [0.5, 0.6) is 0 Å². The number of pyridine rings is 1. The number of fused-ring (bicyclic) bond motifs is 1. The quantitative estimate of drug-likeness (QED) is 0.808. The van der Waals surface area contributed by atoms with Crippen LogP contribution < -0.4 is 5.32 Å². The number of amides is 1. The first-order valence-corrected chi connectivity index (χ1v) is 7.24. The lowest BCUT2D eigenvalue weighted by Gasteiger charge is -2.14. The van der Waals surface area contributed by atoms with Gasteiger partial charge in [0.1, 0.15) is 0 Å². The number of nitrogens with one attached hydrogen (secondary N) is 1. The zero-order valence-electron chi connectivity index (χ0n) is 12.9. The highest BCUT2D eigenvalue weighted by molar-refractivity contribution is 5.96. The van der Waals surface area contributed by atoms with Crippen LogP contribution in [0.3, 0.4) is 0 Å². The van der Waals surface area contributed by atoms with Gasteiger partial charge in [-0.05, 0) is 50.1 Å². The van der Waals surface area contributed by atoms with Crippen molar-refractivity contribution in [2.45, 2.75) is 26.8 Å². The lowest BCUT2D eigenvalue weighted by molar-refractivity contribution is 0.0937. The Morgan fingerprint density at radius 2 is 1.95 bits per heavy atom. The summed E-state index contributed by atoms with van der Waals surface area (Å²) in [6.07, 6.45) is 1.89. The van der Waals surface area contributed by atoms with Crippen LogP contribution in [-0.2, 0) is 0 Å². The highest BCUT2D eigenvalue weighted by Gasteiger charge is 2.17. The van der Waals surface area contributed by atoms with E-state index in [2.05, 4.69) is 15.5 Å². The molecule has 0 saturated heterocycles. The molecule has 0 radical (unpaired) electrons. The van der Waals surface area contributed by atoms with E-state index in [4.69, 9.17) is 0 Å². The minimum absolute atomic E-state index is 0.0959. The topological polar surface area (TPSA) is 59.3 Å². The van der Waals surface area contributed by atoms with Gasteiger partial charge in [-0.2, -0.15) is 0 Å². The van der Waals surface area contributed by atoms with Crippen LogP contribution in [0.25, 0.3) is 5.65 Å². The summed E-state index contributed by atoms with van der Waals surface area (Å²) in [4.78, 5) is 12.5. The number of aromatic nitrogens is 3. The molecule has 1 amide bonds. The van der Waals surface area contributed by atoms with E-state index in [-0.39, 0.29) is 11.9 Å². The smallest absolute Gasteiger partial charge is 0.252 e. The predicted molar refractivity (Wildman–Crippen MR) is 84.8 cm³/mol. The van der Waals surface area contributed by atoms with E-state index < -0.39 is 0 Å². The molecule has 22 heavy (non-hydrogen) atoms. The Hall–Kier alpha value is -2.69. The lowest BCUT2D eigenvalue weighted by atomic mass is 10.0. The van der Waals surface area contributed by atoms with Crippen molar-refractivity contribution in [3.05, 3.63) is 65.1 Å². The standard InChI is InChI=1S/C17H18N4O/c1-11-7-6-8-14(12(11)2)17(22)18-13(3)16-20-19-15-9-4-5-10-21(15)16/h4-10,13H,1-3H3,(H,18,22)/t13-/m1/s1. The number of carbonyl (C=O) groups excluding carboxylic acids is 1. The molecule has 0 bridgehead atoms. The van der Waals surface area contributed by atoms with Crippen molar-refractivity contribution in [2.75, 3.05) is 0 Å². The van der Waals surface area contributed by atoms with E-state index in [9.17, 15) is 4.79 Å². The normalized spacial score (nSPS) is 12.3. The van der Waals surface area contributed by atoms with E-state index in [0.717, 1.165) is 16.8 Å². The highest BCUT2D eigenvalue weighted by Crippen LogP contribution is 2.16.